The van der Waals surface area contributed by atoms with Crippen molar-refractivity contribution < 1.29 is 60.1 Å². The number of nitrogens with zero attached hydrogens (tertiary/aromatic N) is 9. The van der Waals surface area contributed by atoms with Gasteiger partial charge in [-0.15, -0.1) is 12.4 Å². The van der Waals surface area contributed by atoms with Gasteiger partial charge in [0, 0.05) is 55.3 Å². The Morgan fingerprint density at radius 2 is 0.754 bits per heavy atom. The molecular weight excluding hydrogens is 1870 g/mol. The summed E-state index contributed by atoms with van der Waals surface area (Å²) in [6.07, 6.45) is 16.4. The Morgan fingerprint density at radius 3 is 1.13 bits per heavy atom. The molecule has 34 heteroatoms. The van der Waals surface area contributed by atoms with Gasteiger partial charge in [0.1, 0.15) is 40.0 Å². The van der Waals surface area contributed by atoms with Crippen LogP contribution in [0.5, 0.6) is 0 Å². The van der Waals surface area contributed by atoms with Crippen molar-refractivity contribution in [2.45, 2.75) is 259 Å². The van der Waals surface area contributed by atoms with E-state index < -0.39 is 107 Å². The van der Waals surface area contributed by atoms with E-state index in [0.29, 0.717) is 82.5 Å². The van der Waals surface area contributed by atoms with E-state index in [0.717, 1.165) is 100 Å². The first-order valence-corrected chi connectivity index (χ1v) is 49.9. The highest BCUT2D eigenvalue weighted by Crippen LogP contribution is 2.47. The predicted octanol–water partition coefficient (Wildman–Crippen LogP) is 20.8. The van der Waals surface area contributed by atoms with Gasteiger partial charge >= 0.3 is 18.2 Å². The maximum Gasteiger partial charge on any atom is 0.407 e. The van der Waals surface area contributed by atoms with Gasteiger partial charge in [0.05, 0.1) is 99.3 Å². The summed E-state index contributed by atoms with van der Waals surface area (Å²) in [5.74, 6) is -1.71. The fourth-order valence-electron chi connectivity index (χ4n) is 16.2. The van der Waals surface area contributed by atoms with Crippen LogP contribution < -0.4 is 47.9 Å². The zero-order valence-electron chi connectivity index (χ0n) is 84.1. The molecule has 142 heavy (non-hydrogen) atoms. The van der Waals surface area contributed by atoms with Crippen LogP contribution in [0.4, 0.5) is 39.8 Å². The van der Waals surface area contributed by atoms with Crippen molar-refractivity contribution in [3.8, 4) is 17.1 Å². The second-order valence-corrected chi connectivity index (χ2v) is 44.7. The van der Waals surface area contributed by atoms with Crippen LogP contribution in [0, 0.1) is 76.7 Å². The molecule has 3 aliphatic rings. The minimum Gasteiger partial charge on any atom is -0.477 e. The maximum absolute atomic E-state index is 15.6. The Balaban J connectivity index is 0.000000188. The first-order chi connectivity index (χ1) is 66.5. The number of alkyl carbamates (subject to hydrolysis) is 2. The molecule has 0 bridgehead atoms. The molecule has 3 aliphatic carbocycles. The summed E-state index contributed by atoms with van der Waals surface area (Å²) >= 11 is 0. The van der Waals surface area contributed by atoms with E-state index in [1.807, 2.05) is 141 Å². The number of carboxylic acids is 1. The monoisotopic (exact) mass is 2000 g/mol. The number of aromatic nitrogens is 9. The van der Waals surface area contributed by atoms with E-state index in [9.17, 15) is 41.9 Å². The number of anilines is 3. The number of carbonyl (C=O) groups excluding carboxylic acids is 4. The van der Waals surface area contributed by atoms with Crippen molar-refractivity contribution in [1.82, 2.24) is 64.4 Å². The molecule has 0 aliphatic heterocycles. The largest absolute Gasteiger partial charge is 0.477 e. The molecule has 15 rings (SSSR count). The Morgan fingerprint density at radius 1 is 0.423 bits per heavy atom. The van der Waals surface area contributed by atoms with Crippen molar-refractivity contribution in [1.29, 1.82) is 0 Å². The van der Waals surface area contributed by atoms with Crippen molar-refractivity contribution in [2.24, 2.45) is 29.2 Å². The van der Waals surface area contributed by atoms with E-state index in [1.54, 1.807) is 164 Å². The second kappa shape index (κ2) is 46.6. The number of pyridine rings is 3. The topological polar surface area (TPSA) is 401 Å². The highest BCUT2D eigenvalue weighted by molar-refractivity contribution is 7.84. The second-order valence-electron chi connectivity index (χ2n) is 40.8. The molecule has 28 nitrogen and oxygen atoms in total. The van der Waals surface area contributed by atoms with Gasteiger partial charge in [-0.2, -0.15) is 15.3 Å². The number of nitrogen functional groups attached to an aromatic ring is 1. The minimum atomic E-state index is -1.49. The van der Waals surface area contributed by atoms with Gasteiger partial charge < -0.3 is 53.0 Å². The third-order valence-electron chi connectivity index (χ3n) is 24.2. The number of nitrogens with one attached hydrogen (secondary N) is 6. The van der Waals surface area contributed by atoms with Crippen LogP contribution in [0.15, 0.2) is 201 Å². The van der Waals surface area contributed by atoms with Gasteiger partial charge in [-0.1, -0.05) is 93.1 Å². The molecule has 756 valence electrons. The van der Waals surface area contributed by atoms with Gasteiger partial charge in [0.2, 0.25) is 0 Å². The van der Waals surface area contributed by atoms with Crippen LogP contribution in [0.2, 0.25) is 0 Å². The van der Waals surface area contributed by atoms with Crippen molar-refractivity contribution >= 4 is 81.4 Å². The first-order valence-electron chi connectivity index (χ1n) is 47.6. The fraction of sp³-hybridized carbons (Fsp3) is 0.398. The van der Waals surface area contributed by atoms with Crippen LogP contribution in [-0.4, -0.2) is 108 Å². The maximum atomic E-state index is 15.6. The number of amides is 4. The number of hydrogen-bond acceptors (Lipinski definition) is 18. The standard InChI is InChI=1S/C39H49FN6O4S.C30H33FN6O.C22H30FN3OS.C17H21N3O4.ClH/c1-25-20-30(17-19-41-25)39(18-16-27-12-13-27,45-51(49)38(6,7)8)29-14-15-32(40)33(23-29)43-35(47)34-21-26(2)44-46(34)31-11-9-10-28(22-31)24-42-36(48)50-37(3,4)5;1-19-14-24(11-13-34-19)30(33,12-10-21-6-7-21)23-8-9-26(31)27(17-23)35-29(38)28-15-20(2)36-37(28)25-5-3-4-22(16-25)18-32;1-15-13-18(10-12-25-15)22(11-9-16-5-6-16,26-28(27)21(2,3)4)17-7-8-19(23)20(24)14-17;1-11-8-14(15(21)22)20(19-11)13-7-5-6-12(9-13)10-18-16(23)24-17(2,3)4;/h9-11,14-15,17,19-23,27,45H,12-13,16,18,24H2,1-8H3,(H,42,48)(H,43,47);3-5,8-9,11,13-17,21H,6-7,10,12,18,32-33H2,1-2H3,(H,35,38);7-8,10,12-14,16,26H,5-6,9,11,24H2,1-4H3;5-9H,10H2,1-4H3,(H,18,23)(H,21,22);1H/t39?,51-;;;;/m1..../s1. The molecule has 5 atom stereocenters. The third-order valence-corrected chi connectivity index (χ3v) is 27.5. The molecule has 0 saturated heterocycles. The van der Waals surface area contributed by atoms with E-state index >= 15 is 8.78 Å². The van der Waals surface area contributed by atoms with Crippen LogP contribution >= 0.6 is 12.4 Å². The quantitative estimate of drug-likeness (QED) is 0.0175. The number of nitrogens with two attached hydrogens (primary N) is 3. The van der Waals surface area contributed by atoms with Crippen molar-refractivity contribution in [2.75, 3.05) is 16.4 Å². The number of aromatic carboxylic acids is 1. The number of hydrogen-bond donors (Lipinski definition) is 10. The normalized spacial score (nSPS) is 14.8. The molecule has 6 heterocycles. The average Bonchev–Trinajstić information content (AvgIpc) is 1.07. The molecule has 0 radical (unpaired) electrons. The van der Waals surface area contributed by atoms with Crippen molar-refractivity contribution in [3.05, 3.63) is 319 Å². The third kappa shape index (κ3) is 29.8. The van der Waals surface area contributed by atoms with Crippen molar-refractivity contribution in [3.63, 3.8) is 0 Å². The predicted molar refractivity (Wildman–Crippen MR) is 554 cm³/mol. The summed E-state index contributed by atoms with van der Waals surface area (Å²) in [5, 5.41) is 33.5. The van der Waals surface area contributed by atoms with Gasteiger partial charge in [-0.05, 0) is 358 Å². The molecule has 12 aromatic rings. The lowest BCUT2D eigenvalue weighted by Crippen LogP contribution is -2.49. The number of benzene rings is 6. The molecule has 3 fully saturated rings. The Bertz CT molecular complexity index is 6550. The number of carbonyl (C=O) groups is 5. The lowest BCUT2D eigenvalue weighted by Gasteiger charge is -2.38. The Hall–Kier alpha value is -12.6. The Kier molecular flexibility index (Phi) is 36.0. The Labute approximate surface area is 841 Å². The van der Waals surface area contributed by atoms with Crippen LogP contribution in [0.1, 0.15) is 276 Å². The summed E-state index contributed by atoms with van der Waals surface area (Å²) in [6.45, 7) is 34.2. The average molecular weight is 2000 g/mol. The number of halogens is 4. The number of aryl methyl sites for hydroxylation is 6. The fourth-order valence-corrected chi connectivity index (χ4v) is 18.1. The van der Waals surface area contributed by atoms with Gasteiger partial charge in [-0.3, -0.25) is 24.5 Å². The molecule has 3 saturated carbocycles. The summed E-state index contributed by atoms with van der Waals surface area (Å²) in [7, 11) is -2.81. The molecule has 13 N–H and O–H groups in total. The van der Waals surface area contributed by atoms with Gasteiger partial charge in [0.25, 0.3) is 11.8 Å². The lowest BCUT2D eigenvalue weighted by atomic mass is 9.79. The smallest absolute Gasteiger partial charge is 0.407 e. The SMILES string of the molecule is Cc1cc(C(=O)O)n(-c2cccc(CNC(=O)OC(C)(C)C)c2)n1.Cc1cc(C(CCC2CC2)(NS(=O)C(C)(C)C)c2ccc(F)c(N)c2)ccn1.Cc1cc(C(CCC2CC2)(N[S@](=O)C(C)(C)C)c2ccc(F)c(NC(=O)c3cc(C)nn3-c3cccc(CNC(=O)OC(C)(C)C)c3)c2)ccn1.Cc1cc(C(N)(CCC2CC2)c2ccc(F)c(NC(=O)c3cc(C)nn3-c3cccc(CN)c3)c2)ccn1.Cl. The highest BCUT2D eigenvalue weighted by atomic mass is 35.5. The van der Waals surface area contributed by atoms with Crippen LogP contribution in [0.3, 0.4) is 0 Å². The number of rotatable bonds is 32. The summed E-state index contributed by atoms with van der Waals surface area (Å²) in [4.78, 5) is 75.6. The molecule has 6 aromatic carbocycles. The number of carboxylic acid groups (broad SMARTS) is 1. The molecular formula is C108H134ClF3N18O10S2. The molecule has 0 spiro atoms. The molecule has 4 amide bonds. The zero-order valence-corrected chi connectivity index (χ0v) is 86.6. The first kappa shape index (κ1) is 110. The highest BCUT2D eigenvalue weighted by Gasteiger charge is 2.44. The zero-order chi connectivity index (χ0) is 102. The van der Waals surface area contributed by atoms with E-state index in [2.05, 4.69) is 61.0 Å². The summed E-state index contributed by atoms with van der Waals surface area (Å²) < 4.78 is 92.4. The van der Waals surface area contributed by atoms with Gasteiger partial charge in [0.15, 0.2) is 5.69 Å². The number of ether oxygens (including phenoxy) is 2. The molecule has 4 unspecified atom stereocenters. The van der Waals surface area contributed by atoms with Crippen LogP contribution in [-0.2, 0) is 67.7 Å². The summed E-state index contributed by atoms with van der Waals surface area (Å²) in [6, 6.07) is 52.7. The lowest BCUT2D eigenvalue weighted by molar-refractivity contribution is 0.0512. The molecule has 6 aromatic heterocycles. The van der Waals surface area contributed by atoms with E-state index in [4.69, 9.17) is 26.7 Å². The van der Waals surface area contributed by atoms with E-state index in [1.165, 1.54) is 59.3 Å². The van der Waals surface area contributed by atoms with Gasteiger partial charge in [-0.25, -0.2) is 59.5 Å². The summed E-state index contributed by atoms with van der Waals surface area (Å²) in [5.41, 5.74) is 29.7. The minimum absolute atomic E-state index is 0. The van der Waals surface area contributed by atoms with Crippen LogP contribution in [0.25, 0.3) is 17.1 Å². The van der Waals surface area contributed by atoms with E-state index in [-0.39, 0.29) is 53.9 Å².